The number of piperazine rings is 1. The lowest BCUT2D eigenvalue weighted by molar-refractivity contribution is -0.890. The van der Waals surface area contributed by atoms with Crippen molar-refractivity contribution < 1.29 is 38.0 Å². The van der Waals surface area contributed by atoms with E-state index >= 15 is 0 Å². The molecule has 0 saturated carbocycles. The molecule has 1 N–H and O–H groups in total. The highest BCUT2D eigenvalue weighted by atomic mass is 127. The van der Waals surface area contributed by atoms with Crippen molar-refractivity contribution in [3.8, 4) is 0 Å². The quantitative estimate of drug-likeness (QED) is 0.521. The standard InChI is InChI=1S/C20H25N3O2.HI/c1-23(2)13-11-22(12-14-23)19-10-6-9-18(15-19)21-20(24)25-16-17-7-4-3-5-8-17;/h3-10,15H,11-14,16H2,1-2H3;1H. The van der Waals surface area contributed by atoms with Crippen molar-refractivity contribution in [3.63, 3.8) is 0 Å². The smallest absolute Gasteiger partial charge is 0.411 e. The number of likely N-dealkylation sites (N-methyl/N-ethyl adjacent to an activating group) is 1. The summed E-state index contributed by atoms with van der Waals surface area (Å²) in [4.78, 5) is 14.4. The van der Waals surface area contributed by atoms with Crippen LogP contribution in [0.4, 0.5) is 16.2 Å². The molecule has 0 aliphatic carbocycles. The second-order valence-corrected chi connectivity index (χ2v) is 7.11. The fourth-order valence-electron chi connectivity index (χ4n) is 2.92. The van der Waals surface area contributed by atoms with Crippen LogP contribution in [0.2, 0.25) is 0 Å². The lowest BCUT2D eigenvalue weighted by Gasteiger charge is -2.40. The Balaban J connectivity index is 0.00000243. The van der Waals surface area contributed by atoms with Gasteiger partial charge in [0.25, 0.3) is 0 Å². The van der Waals surface area contributed by atoms with E-state index in [1.807, 2.05) is 48.5 Å². The van der Waals surface area contributed by atoms with Crippen molar-refractivity contribution in [3.05, 3.63) is 60.2 Å². The van der Waals surface area contributed by atoms with Gasteiger partial charge in [0, 0.05) is 11.4 Å². The van der Waals surface area contributed by atoms with Crippen LogP contribution in [0.1, 0.15) is 5.56 Å². The number of amides is 1. The van der Waals surface area contributed by atoms with E-state index in [1.165, 1.54) is 0 Å². The Morgan fingerprint density at radius 2 is 1.77 bits per heavy atom. The van der Waals surface area contributed by atoms with E-state index in [4.69, 9.17) is 4.74 Å². The second kappa shape index (κ2) is 9.23. The number of nitrogens with zero attached hydrogens (tertiary/aromatic N) is 2. The van der Waals surface area contributed by atoms with E-state index in [-0.39, 0.29) is 30.6 Å². The summed E-state index contributed by atoms with van der Waals surface area (Å²) >= 11 is 0. The predicted octanol–water partition coefficient (Wildman–Crippen LogP) is 0.336. The molecular formula is C20H26IN3O2. The molecule has 6 heteroatoms. The number of halogens is 1. The Morgan fingerprint density at radius 3 is 2.46 bits per heavy atom. The number of nitrogens with one attached hydrogen (secondary N) is 1. The molecule has 1 heterocycles. The molecule has 1 fully saturated rings. The Morgan fingerprint density at radius 1 is 1.08 bits per heavy atom. The van der Waals surface area contributed by atoms with Crippen LogP contribution in [0.3, 0.4) is 0 Å². The summed E-state index contributed by atoms with van der Waals surface area (Å²) in [5, 5.41) is 2.82. The molecule has 0 aromatic heterocycles. The van der Waals surface area contributed by atoms with Crippen molar-refractivity contribution in [1.29, 1.82) is 0 Å². The van der Waals surface area contributed by atoms with Gasteiger partial charge in [0.05, 0.1) is 40.3 Å². The van der Waals surface area contributed by atoms with Crippen molar-refractivity contribution in [1.82, 2.24) is 0 Å². The number of rotatable bonds is 4. The van der Waals surface area contributed by atoms with Crippen LogP contribution in [-0.2, 0) is 11.3 Å². The van der Waals surface area contributed by atoms with Gasteiger partial charge in [0.2, 0.25) is 0 Å². The first-order chi connectivity index (χ1) is 12.0. The zero-order valence-electron chi connectivity index (χ0n) is 15.3. The van der Waals surface area contributed by atoms with Crippen LogP contribution < -0.4 is 34.2 Å². The minimum Gasteiger partial charge on any atom is -1.00 e. The molecule has 0 bridgehead atoms. The maximum Gasteiger partial charge on any atom is 0.411 e. The van der Waals surface area contributed by atoms with Gasteiger partial charge in [-0.2, -0.15) is 0 Å². The topological polar surface area (TPSA) is 41.6 Å². The highest BCUT2D eigenvalue weighted by Gasteiger charge is 2.24. The van der Waals surface area contributed by atoms with Crippen LogP contribution in [0, 0.1) is 0 Å². The fraction of sp³-hybridized carbons (Fsp3) is 0.350. The van der Waals surface area contributed by atoms with E-state index in [0.717, 1.165) is 47.6 Å². The van der Waals surface area contributed by atoms with Gasteiger partial charge in [-0.05, 0) is 23.8 Å². The van der Waals surface area contributed by atoms with Crippen molar-refractivity contribution in [2.24, 2.45) is 0 Å². The van der Waals surface area contributed by atoms with E-state index in [1.54, 1.807) is 0 Å². The molecule has 0 unspecified atom stereocenters. The molecule has 3 rings (SSSR count). The van der Waals surface area contributed by atoms with E-state index in [9.17, 15) is 4.79 Å². The summed E-state index contributed by atoms with van der Waals surface area (Å²) < 4.78 is 6.33. The molecule has 26 heavy (non-hydrogen) atoms. The maximum absolute atomic E-state index is 12.0. The molecule has 1 aliphatic rings. The monoisotopic (exact) mass is 467 g/mol. The zero-order chi connectivity index (χ0) is 17.7. The SMILES string of the molecule is C[N+]1(C)CCN(c2cccc(NC(=O)OCc3ccccc3)c2)CC1.[I-]. The van der Waals surface area contributed by atoms with Gasteiger partial charge >= 0.3 is 6.09 Å². The fourth-order valence-corrected chi connectivity index (χ4v) is 2.92. The average Bonchev–Trinajstić information content (AvgIpc) is 2.61. The largest absolute Gasteiger partial charge is 1.00 e. The number of ether oxygens (including phenoxy) is 1. The van der Waals surface area contributed by atoms with Gasteiger partial charge in [-0.25, -0.2) is 4.79 Å². The average molecular weight is 467 g/mol. The Bertz CT molecular complexity index is 712. The summed E-state index contributed by atoms with van der Waals surface area (Å²) in [5.41, 5.74) is 2.87. The van der Waals surface area contributed by atoms with Crippen molar-refractivity contribution in [2.45, 2.75) is 6.61 Å². The lowest BCUT2D eigenvalue weighted by atomic mass is 10.2. The van der Waals surface area contributed by atoms with E-state index in [2.05, 4.69) is 30.4 Å². The Hall–Kier alpha value is -1.80. The third-order valence-corrected chi connectivity index (χ3v) is 4.62. The van der Waals surface area contributed by atoms with Crippen LogP contribution in [0.25, 0.3) is 0 Å². The van der Waals surface area contributed by atoms with Gasteiger partial charge in [0.15, 0.2) is 0 Å². The predicted molar refractivity (Wildman–Crippen MR) is 101 cm³/mol. The summed E-state index contributed by atoms with van der Waals surface area (Å²) in [6.45, 7) is 4.56. The molecular weight excluding hydrogens is 441 g/mol. The molecule has 140 valence electrons. The minimum atomic E-state index is -0.433. The molecule has 0 radical (unpaired) electrons. The van der Waals surface area contributed by atoms with E-state index in [0.29, 0.717) is 0 Å². The summed E-state index contributed by atoms with van der Waals surface area (Å²) in [6, 6.07) is 17.6. The minimum absolute atomic E-state index is 0. The summed E-state index contributed by atoms with van der Waals surface area (Å²) in [6.07, 6.45) is -0.433. The first kappa shape index (κ1) is 20.5. The summed E-state index contributed by atoms with van der Waals surface area (Å²) in [7, 11) is 4.52. The molecule has 0 atom stereocenters. The number of hydrogen-bond acceptors (Lipinski definition) is 3. The van der Waals surface area contributed by atoms with Gasteiger partial charge in [-0.15, -0.1) is 0 Å². The van der Waals surface area contributed by atoms with Gasteiger partial charge in [-0.3, -0.25) is 5.32 Å². The van der Waals surface area contributed by atoms with Gasteiger partial charge in [-0.1, -0.05) is 36.4 Å². The number of hydrogen-bond donors (Lipinski definition) is 1. The Labute approximate surface area is 172 Å². The first-order valence-electron chi connectivity index (χ1n) is 8.67. The molecule has 1 amide bonds. The first-order valence-corrected chi connectivity index (χ1v) is 8.67. The highest BCUT2D eigenvalue weighted by Crippen LogP contribution is 2.22. The Kier molecular flexibility index (Phi) is 7.28. The molecule has 2 aromatic carbocycles. The van der Waals surface area contributed by atoms with Crippen LogP contribution in [-0.4, -0.2) is 50.9 Å². The zero-order valence-corrected chi connectivity index (χ0v) is 17.5. The second-order valence-electron chi connectivity index (χ2n) is 7.11. The van der Waals surface area contributed by atoms with Crippen molar-refractivity contribution in [2.75, 3.05) is 50.5 Å². The van der Waals surface area contributed by atoms with Crippen LogP contribution >= 0.6 is 0 Å². The van der Waals surface area contributed by atoms with Gasteiger partial charge in [0.1, 0.15) is 6.61 Å². The van der Waals surface area contributed by atoms with Crippen molar-refractivity contribution >= 4 is 17.5 Å². The lowest BCUT2D eigenvalue weighted by Crippen LogP contribution is -3.00. The normalized spacial score (nSPS) is 15.7. The number of benzene rings is 2. The third kappa shape index (κ3) is 5.88. The molecule has 5 nitrogen and oxygen atoms in total. The molecule has 0 spiro atoms. The third-order valence-electron chi connectivity index (χ3n) is 4.62. The molecule has 1 aliphatic heterocycles. The summed E-state index contributed by atoms with van der Waals surface area (Å²) in [5.74, 6) is 0. The maximum atomic E-state index is 12.0. The van der Waals surface area contributed by atoms with E-state index < -0.39 is 6.09 Å². The van der Waals surface area contributed by atoms with Gasteiger partial charge < -0.3 is 38.1 Å². The van der Waals surface area contributed by atoms with Crippen LogP contribution in [0.15, 0.2) is 54.6 Å². The molecule has 2 aromatic rings. The number of carbonyl (C=O) groups is 1. The highest BCUT2D eigenvalue weighted by molar-refractivity contribution is 5.85. The number of quaternary nitrogens is 1. The molecule has 1 saturated heterocycles. The number of carbonyl (C=O) groups excluding carboxylic acids is 1. The van der Waals surface area contributed by atoms with Crippen LogP contribution in [0.5, 0.6) is 0 Å². The number of anilines is 2.